The Morgan fingerprint density at radius 3 is 3.00 bits per heavy atom. The van der Waals surface area contributed by atoms with Crippen molar-refractivity contribution >= 4 is 10.9 Å². The van der Waals surface area contributed by atoms with Gasteiger partial charge in [-0.1, -0.05) is 0 Å². The Hall–Kier alpha value is -1.31. The molecule has 12 heavy (non-hydrogen) atoms. The predicted octanol–water partition coefficient (Wildman–Crippen LogP) is 2.68. The van der Waals surface area contributed by atoms with Crippen molar-refractivity contribution in [3.05, 3.63) is 42.7 Å². The molecule has 1 aromatic heterocycles. The molecule has 1 N–H and O–H groups in total. The Kier molecular flexibility index (Phi) is 1.61. The highest BCUT2D eigenvalue weighted by atomic mass is 19.1. The maximum Gasteiger partial charge on any atom is 0.125 e. The van der Waals surface area contributed by atoms with Gasteiger partial charge < -0.3 is 4.98 Å². The Morgan fingerprint density at radius 1 is 1.42 bits per heavy atom. The summed E-state index contributed by atoms with van der Waals surface area (Å²) in [5, 5.41) is 1.06. The molecule has 2 heteroatoms. The molecule has 1 radical (unpaired) electrons. The van der Waals surface area contributed by atoms with Crippen LogP contribution in [0.1, 0.15) is 5.56 Å². The Labute approximate surface area is 70.2 Å². The Bertz CT molecular complexity index is 403. The van der Waals surface area contributed by atoms with Gasteiger partial charge in [-0.05, 0) is 37.1 Å². The van der Waals surface area contributed by atoms with Crippen molar-refractivity contribution in [3.63, 3.8) is 0 Å². The van der Waals surface area contributed by atoms with Crippen molar-refractivity contribution < 1.29 is 4.39 Å². The molecule has 0 unspecified atom stereocenters. The van der Waals surface area contributed by atoms with E-state index in [0.717, 1.165) is 22.9 Å². The van der Waals surface area contributed by atoms with Crippen LogP contribution in [0.3, 0.4) is 0 Å². The molecule has 61 valence electrons. The molecule has 2 rings (SSSR count). The van der Waals surface area contributed by atoms with Crippen molar-refractivity contribution in [2.24, 2.45) is 0 Å². The van der Waals surface area contributed by atoms with Gasteiger partial charge in [-0.2, -0.15) is 0 Å². The molecule has 1 nitrogen and oxygen atoms in total. The van der Waals surface area contributed by atoms with Gasteiger partial charge in [0.15, 0.2) is 0 Å². The van der Waals surface area contributed by atoms with Crippen LogP contribution in [-0.4, -0.2) is 4.98 Å². The fourth-order valence-electron chi connectivity index (χ4n) is 1.37. The fraction of sp³-hybridized carbons (Fsp3) is 0.100. The number of nitrogens with one attached hydrogen (secondary N) is 1. The highest BCUT2D eigenvalue weighted by molar-refractivity contribution is 5.83. The highest BCUT2D eigenvalue weighted by Crippen LogP contribution is 2.18. The van der Waals surface area contributed by atoms with Gasteiger partial charge in [-0.15, -0.1) is 0 Å². The van der Waals surface area contributed by atoms with Gasteiger partial charge in [0, 0.05) is 17.1 Å². The van der Waals surface area contributed by atoms with Gasteiger partial charge in [-0.25, -0.2) is 4.39 Å². The van der Waals surface area contributed by atoms with Crippen molar-refractivity contribution in [2.45, 2.75) is 6.42 Å². The third-order valence-electron chi connectivity index (χ3n) is 2.00. The second-order valence-corrected chi connectivity index (χ2v) is 2.75. The van der Waals surface area contributed by atoms with E-state index in [4.69, 9.17) is 0 Å². The summed E-state index contributed by atoms with van der Waals surface area (Å²) in [6.07, 6.45) is 2.60. The minimum absolute atomic E-state index is 0.208. The van der Waals surface area contributed by atoms with Crippen molar-refractivity contribution in [3.8, 4) is 0 Å². The Balaban J connectivity index is 2.73. The molecule has 1 heterocycles. The van der Waals surface area contributed by atoms with Crippen LogP contribution in [0.15, 0.2) is 24.4 Å². The summed E-state index contributed by atoms with van der Waals surface area (Å²) in [5.41, 5.74) is 1.97. The number of aromatic amines is 1. The number of rotatable bonds is 1. The van der Waals surface area contributed by atoms with Crippen LogP contribution in [-0.2, 0) is 6.42 Å². The van der Waals surface area contributed by atoms with Crippen LogP contribution < -0.4 is 0 Å². The van der Waals surface area contributed by atoms with Crippen LogP contribution in [0.4, 0.5) is 4.39 Å². The molecule has 0 bridgehead atoms. The SMILES string of the molecule is [CH2]Cc1c[nH]c2cc(F)ccc12. The largest absolute Gasteiger partial charge is 0.361 e. The van der Waals surface area contributed by atoms with E-state index in [1.165, 1.54) is 12.1 Å². The standard InChI is InChI=1S/C10H9FN/c1-2-7-6-12-10-5-8(11)3-4-9(7)10/h3-6,12H,1-2H2. The molecular formula is C10H9FN. The molecule has 0 aliphatic heterocycles. The topological polar surface area (TPSA) is 15.8 Å². The molecule has 0 fully saturated rings. The number of benzene rings is 1. The van der Waals surface area contributed by atoms with Crippen LogP contribution in [0.25, 0.3) is 10.9 Å². The van der Waals surface area contributed by atoms with Crippen LogP contribution in [0.2, 0.25) is 0 Å². The van der Waals surface area contributed by atoms with E-state index in [0.29, 0.717) is 0 Å². The molecule has 0 spiro atoms. The third kappa shape index (κ3) is 0.998. The van der Waals surface area contributed by atoms with Gasteiger partial charge in [0.05, 0.1) is 0 Å². The van der Waals surface area contributed by atoms with E-state index in [9.17, 15) is 4.39 Å². The first-order valence-electron chi connectivity index (χ1n) is 3.86. The minimum atomic E-state index is -0.208. The van der Waals surface area contributed by atoms with E-state index in [2.05, 4.69) is 11.9 Å². The highest BCUT2D eigenvalue weighted by Gasteiger charge is 2.01. The van der Waals surface area contributed by atoms with Crippen molar-refractivity contribution in [1.29, 1.82) is 0 Å². The first-order chi connectivity index (χ1) is 5.81. The van der Waals surface area contributed by atoms with E-state index < -0.39 is 0 Å². The second kappa shape index (κ2) is 2.63. The second-order valence-electron chi connectivity index (χ2n) is 2.75. The predicted molar refractivity (Wildman–Crippen MR) is 47.3 cm³/mol. The quantitative estimate of drug-likeness (QED) is 0.663. The molecule has 0 saturated heterocycles. The van der Waals surface area contributed by atoms with Gasteiger partial charge in [-0.3, -0.25) is 0 Å². The lowest BCUT2D eigenvalue weighted by atomic mass is 10.1. The molecule has 0 aliphatic carbocycles. The maximum absolute atomic E-state index is 12.7. The first kappa shape index (κ1) is 7.35. The number of H-pyrrole nitrogens is 1. The average Bonchev–Trinajstić information content (AvgIpc) is 2.46. The average molecular weight is 162 g/mol. The molecule has 0 amide bonds. The molecule has 0 atom stereocenters. The van der Waals surface area contributed by atoms with Crippen LogP contribution >= 0.6 is 0 Å². The number of halogens is 1. The summed E-state index contributed by atoms with van der Waals surface area (Å²) < 4.78 is 12.7. The van der Waals surface area contributed by atoms with Gasteiger partial charge >= 0.3 is 0 Å². The minimum Gasteiger partial charge on any atom is -0.361 e. The van der Waals surface area contributed by atoms with Crippen LogP contribution in [0.5, 0.6) is 0 Å². The van der Waals surface area contributed by atoms with Gasteiger partial charge in [0.2, 0.25) is 0 Å². The van der Waals surface area contributed by atoms with Crippen LogP contribution in [0, 0.1) is 12.7 Å². The lowest BCUT2D eigenvalue weighted by Crippen LogP contribution is -1.76. The van der Waals surface area contributed by atoms with Crippen molar-refractivity contribution in [1.82, 2.24) is 4.98 Å². The van der Waals surface area contributed by atoms with E-state index in [1.54, 1.807) is 6.07 Å². The molecule has 0 aliphatic rings. The lowest BCUT2D eigenvalue weighted by molar-refractivity contribution is 0.629. The van der Waals surface area contributed by atoms with Gasteiger partial charge in [0.25, 0.3) is 0 Å². The summed E-state index contributed by atoms with van der Waals surface area (Å²) in [5.74, 6) is -0.208. The first-order valence-corrected chi connectivity index (χ1v) is 3.86. The summed E-state index contributed by atoms with van der Waals surface area (Å²) in [4.78, 5) is 3.00. The van der Waals surface area contributed by atoms with E-state index in [-0.39, 0.29) is 5.82 Å². The normalized spacial score (nSPS) is 10.8. The number of hydrogen-bond acceptors (Lipinski definition) is 0. The number of hydrogen-bond donors (Lipinski definition) is 1. The lowest BCUT2D eigenvalue weighted by Gasteiger charge is -1.92. The summed E-state index contributed by atoms with van der Waals surface area (Å²) >= 11 is 0. The number of aromatic nitrogens is 1. The van der Waals surface area contributed by atoms with E-state index >= 15 is 0 Å². The fourth-order valence-corrected chi connectivity index (χ4v) is 1.37. The monoisotopic (exact) mass is 162 g/mol. The zero-order valence-electron chi connectivity index (χ0n) is 6.60. The molecule has 0 saturated carbocycles. The van der Waals surface area contributed by atoms with Gasteiger partial charge in [0.1, 0.15) is 5.82 Å². The summed E-state index contributed by atoms with van der Waals surface area (Å²) in [6, 6.07) is 4.74. The molecule has 1 aromatic carbocycles. The maximum atomic E-state index is 12.7. The summed E-state index contributed by atoms with van der Waals surface area (Å²) in [6.45, 7) is 3.79. The molecule has 2 aromatic rings. The molecular weight excluding hydrogens is 153 g/mol. The zero-order chi connectivity index (χ0) is 8.55. The van der Waals surface area contributed by atoms with E-state index in [1.807, 2.05) is 6.20 Å². The zero-order valence-corrected chi connectivity index (χ0v) is 6.60. The van der Waals surface area contributed by atoms with Crippen molar-refractivity contribution in [2.75, 3.05) is 0 Å². The number of fused-ring (bicyclic) bond motifs is 1. The summed E-state index contributed by atoms with van der Waals surface area (Å²) in [7, 11) is 0. The third-order valence-corrected chi connectivity index (χ3v) is 2.00. The Morgan fingerprint density at radius 2 is 2.25 bits per heavy atom. The smallest absolute Gasteiger partial charge is 0.125 e.